The van der Waals surface area contributed by atoms with E-state index in [9.17, 15) is 8.78 Å². The molecule has 1 rings (SSSR count). The lowest BCUT2D eigenvalue weighted by atomic mass is 9.91. The predicted molar refractivity (Wildman–Crippen MR) is 73.1 cm³/mol. The van der Waals surface area contributed by atoms with E-state index >= 15 is 0 Å². The minimum Gasteiger partial charge on any atom is -0.374 e. The first-order valence-electron chi connectivity index (χ1n) is 6.74. The van der Waals surface area contributed by atoms with Crippen LogP contribution in [0.2, 0.25) is 0 Å². The van der Waals surface area contributed by atoms with Crippen molar-refractivity contribution in [3.8, 4) is 0 Å². The molecular formula is C15H23F2NO. The molecule has 1 aromatic rings. The highest BCUT2D eigenvalue weighted by Crippen LogP contribution is 2.31. The van der Waals surface area contributed by atoms with Crippen LogP contribution in [0.1, 0.15) is 45.7 Å². The molecule has 2 nitrogen and oxygen atoms in total. The molecule has 0 aliphatic carbocycles. The summed E-state index contributed by atoms with van der Waals surface area (Å²) in [5.74, 6) is -1.11. The van der Waals surface area contributed by atoms with Gasteiger partial charge in [0.1, 0.15) is 11.6 Å². The highest BCUT2D eigenvalue weighted by atomic mass is 19.1. The fraction of sp³-hybridized carbons (Fsp3) is 0.600. The summed E-state index contributed by atoms with van der Waals surface area (Å²) in [5.41, 5.74) is -0.129. The third-order valence-electron chi connectivity index (χ3n) is 3.08. The monoisotopic (exact) mass is 271 g/mol. The van der Waals surface area contributed by atoms with Crippen molar-refractivity contribution in [3.63, 3.8) is 0 Å². The average Bonchev–Trinajstić information content (AvgIpc) is 2.31. The summed E-state index contributed by atoms with van der Waals surface area (Å²) in [7, 11) is 0. The second-order valence-corrected chi connectivity index (χ2v) is 5.09. The fourth-order valence-electron chi connectivity index (χ4n) is 2.21. The van der Waals surface area contributed by atoms with E-state index in [1.807, 2.05) is 27.7 Å². The zero-order valence-corrected chi connectivity index (χ0v) is 12.1. The highest BCUT2D eigenvalue weighted by molar-refractivity contribution is 5.24. The van der Waals surface area contributed by atoms with Crippen LogP contribution in [0.15, 0.2) is 18.2 Å². The highest BCUT2D eigenvalue weighted by Gasteiger charge is 2.32. The molecule has 19 heavy (non-hydrogen) atoms. The van der Waals surface area contributed by atoms with Gasteiger partial charge < -0.3 is 10.1 Å². The minimum absolute atomic E-state index is 0.312. The van der Waals surface area contributed by atoms with Gasteiger partial charge in [0.2, 0.25) is 0 Å². The lowest BCUT2D eigenvalue weighted by molar-refractivity contribution is -0.0399. The molecule has 1 N–H and O–H groups in total. The van der Waals surface area contributed by atoms with Gasteiger partial charge in [0.25, 0.3) is 0 Å². The van der Waals surface area contributed by atoms with E-state index in [1.54, 1.807) is 0 Å². The summed E-state index contributed by atoms with van der Waals surface area (Å²) < 4.78 is 32.7. The Morgan fingerprint density at radius 1 is 1.26 bits per heavy atom. The van der Waals surface area contributed by atoms with Gasteiger partial charge >= 0.3 is 0 Å². The summed E-state index contributed by atoms with van der Waals surface area (Å²) in [4.78, 5) is 0. The molecule has 0 amide bonds. The standard InChI is InChI=1S/C15H23F2NO/c1-5-9-18-14(15(3,4)19-6-2)12-8-7-11(16)10-13(12)17/h7-8,10,14,18H,5-6,9H2,1-4H3. The average molecular weight is 271 g/mol. The first-order chi connectivity index (χ1) is 8.92. The molecule has 0 aromatic heterocycles. The van der Waals surface area contributed by atoms with Gasteiger partial charge in [0.05, 0.1) is 11.6 Å². The van der Waals surface area contributed by atoms with Crippen LogP contribution in [0, 0.1) is 11.6 Å². The Labute approximate surface area is 114 Å². The van der Waals surface area contributed by atoms with Gasteiger partial charge in [-0.15, -0.1) is 0 Å². The SMILES string of the molecule is CCCNC(c1ccc(F)cc1F)C(C)(C)OCC. The van der Waals surface area contributed by atoms with Gasteiger partial charge in [-0.25, -0.2) is 8.78 Å². The normalized spacial score (nSPS) is 13.6. The minimum atomic E-state index is -0.567. The number of halogens is 2. The number of ether oxygens (including phenoxy) is 1. The molecular weight excluding hydrogens is 248 g/mol. The largest absolute Gasteiger partial charge is 0.374 e. The van der Waals surface area contributed by atoms with Crippen LogP contribution in [0.3, 0.4) is 0 Å². The molecule has 0 aliphatic rings. The number of rotatable bonds is 7. The van der Waals surface area contributed by atoms with Gasteiger partial charge in [-0.2, -0.15) is 0 Å². The van der Waals surface area contributed by atoms with Crippen LogP contribution in [-0.4, -0.2) is 18.8 Å². The molecule has 1 unspecified atom stereocenters. The van der Waals surface area contributed by atoms with Crippen molar-refractivity contribution in [2.24, 2.45) is 0 Å². The van der Waals surface area contributed by atoms with Crippen molar-refractivity contribution in [2.45, 2.75) is 45.8 Å². The van der Waals surface area contributed by atoms with Crippen molar-refractivity contribution in [1.82, 2.24) is 5.32 Å². The number of nitrogens with one attached hydrogen (secondary N) is 1. The molecule has 1 aromatic carbocycles. The van der Waals surface area contributed by atoms with E-state index in [0.717, 1.165) is 19.0 Å². The molecule has 0 bridgehead atoms. The third kappa shape index (κ3) is 4.25. The molecule has 0 saturated carbocycles. The van der Waals surface area contributed by atoms with Crippen molar-refractivity contribution < 1.29 is 13.5 Å². The molecule has 0 heterocycles. The van der Waals surface area contributed by atoms with E-state index in [-0.39, 0.29) is 6.04 Å². The molecule has 4 heteroatoms. The maximum absolute atomic E-state index is 14.0. The van der Waals surface area contributed by atoms with Crippen molar-refractivity contribution in [2.75, 3.05) is 13.2 Å². The Kier molecular flexibility index (Phi) is 5.88. The summed E-state index contributed by atoms with van der Waals surface area (Å²) in [6, 6.07) is 3.37. The molecule has 1 atom stereocenters. The van der Waals surface area contributed by atoms with Crippen LogP contribution in [-0.2, 0) is 4.74 Å². The van der Waals surface area contributed by atoms with Crippen LogP contribution < -0.4 is 5.32 Å². The second kappa shape index (κ2) is 6.96. The Hall–Kier alpha value is -1.00. The lowest BCUT2D eigenvalue weighted by Crippen LogP contribution is -2.42. The van der Waals surface area contributed by atoms with Crippen LogP contribution in [0.5, 0.6) is 0 Å². The molecule has 0 spiro atoms. The quantitative estimate of drug-likeness (QED) is 0.814. The lowest BCUT2D eigenvalue weighted by Gasteiger charge is -2.35. The molecule has 0 fully saturated rings. The van der Waals surface area contributed by atoms with E-state index < -0.39 is 17.2 Å². The van der Waals surface area contributed by atoms with Gasteiger partial charge in [-0.05, 0) is 39.8 Å². The van der Waals surface area contributed by atoms with Crippen LogP contribution in [0.4, 0.5) is 8.78 Å². The van der Waals surface area contributed by atoms with Gasteiger partial charge in [-0.1, -0.05) is 13.0 Å². The Bertz CT molecular complexity index is 407. The zero-order valence-electron chi connectivity index (χ0n) is 12.1. The van der Waals surface area contributed by atoms with E-state index in [4.69, 9.17) is 4.74 Å². The molecule has 0 radical (unpaired) electrons. The van der Waals surface area contributed by atoms with E-state index in [0.29, 0.717) is 12.2 Å². The number of hydrogen-bond donors (Lipinski definition) is 1. The topological polar surface area (TPSA) is 21.3 Å². The number of benzene rings is 1. The van der Waals surface area contributed by atoms with Gasteiger partial charge in [0.15, 0.2) is 0 Å². The van der Waals surface area contributed by atoms with Crippen molar-refractivity contribution in [3.05, 3.63) is 35.4 Å². The Balaban J connectivity index is 3.08. The Morgan fingerprint density at radius 3 is 2.47 bits per heavy atom. The van der Waals surface area contributed by atoms with E-state index in [1.165, 1.54) is 12.1 Å². The summed E-state index contributed by atoms with van der Waals surface area (Å²) in [5, 5.41) is 3.28. The van der Waals surface area contributed by atoms with Gasteiger partial charge in [-0.3, -0.25) is 0 Å². The summed E-state index contributed by atoms with van der Waals surface area (Å²) in [6.07, 6.45) is 0.932. The predicted octanol–water partition coefficient (Wildman–Crippen LogP) is 3.82. The number of hydrogen-bond acceptors (Lipinski definition) is 2. The molecule has 0 saturated heterocycles. The van der Waals surface area contributed by atoms with Crippen LogP contribution in [0.25, 0.3) is 0 Å². The molecule has 0 aliphatic heterocycles. The van der Waals surface area contributed by atoms with E-state index in [2.05, 4.69) is 5.32 Å². The smallest absolute Gasteiger partial charge is 0.131 e. The zero-order chi connectivity index (χ0) is 14.5. The van der Waals surface area contributed by atoms with Gasteiger partial charge in [0, 0.05) is 18.2 Å². The fourth-order valence-corrected chi connectivity index (χ4v) is 2.21. The summed E-state index contributed by atoms with van der Waals surface area (Å²) in [6.45, 7) is 9.05. The summed E-state index contributed by atoms with van der Waals surface area (Å²) >= 11 is 0. The first kappa shape index (κ1) is 16.1. The first-order valence-corrected chi connectivity index (χ1v) is 6.74. The van der Waals surface area contributed by atoms with Crippen molar-refractivity contribution >= 4 is 0 Å². The Morgan fingerprint density at radius 2 is 1.95 bits per heavy atom. The maximum Gasteiger partial charge on any atom is 0.131 e. The molecule has 108 valence electrons. The van der Waals surface area contributed by atoms with Crippen molar-refractivity contribution in [1.29, 1.82) is 0 Å². The second-order valence-electron chi connectivity index (χ2n) is 5.09. The third-order valence-corrected chi connectivity index (χ3v) is 3.08. The van der Waals surface area contributed by atoms with Crippen LogP contribution >= 0.6 is 0 Å². The maximum atomic E-state index is 14.0.